The van der Waals surface area contributed by atoms with E-state index in [-0.39, 0.29) is 5.91 Å². The van der Waals surface area contributed by atoms with Crippen molar-refractivity contribution in [1.29, 1.82) is 0 Å². The van der Waals surface area contributed by atoms with E-state index in [9.17, 15) is 4.79 Å². The van der Waals surface area contributed by atoms with Gasteiger partial charge in [0.15, 0.2) is 0 Å². The number of ether oxygens (including phenoxy) is 2. The Kier molecular flexibility index (Phi) is 7.53. The Balaban J connectivity index is 1.26. The van der Waals surface area contributed by atoms with Crippen molar-refractivity contribution >= 4 is 51.4 Å². The average Bonchev–Trinajstić information content (AvgIpc) is 3.29. The van der Waals surface area contributed by atoms with E-state index in [1.807, 2.05) is 13.2 Å². The van der Waals surface area contributed by atoms with Crippen LogP contribution in [0.3, 0.4) is 0 Å². The normalized spacial score (nSPS) is 15.9. The minimum atomic E-state index is -0.309. The number of amides is 1. The second-order valence-electron chi connectivity index (χ2n) is 10.2. The molecule has 4 aromatic rings. The molecule has 0 saturated carbocycles. The van der Waals surface area contributed by atoms with E-state index in [0.29, 0.717) is 39.8 Å². The molecule has 0 spiro atoms. The van der Waals surface area contributed by atoms with E-state index in [1.165, 1.54) is 11.8 Å². The summed E-state index contributed by atoms with van der Waals surface area (Å²) in [6, 6.07) is 12.4. The predicted molar refractivity (Wildman–Crippen MR) is 162 cm³/mol. The molecule has 4 heterocycles. The van der Waals surface area contributed by atoms with Gasteiger partial charge in [0, 0.05) is 61.7 Å². The average molecular weight is 574 g/mol. The number of carbonyl (C=O) groups excluding carboxylic acids is 1. The number of aryl methyl sites for hydroxylation is 1. The number of methoxy groups -OCH3 is 1. The van der Waals surface area contributed by atoms with Gasteiger partial charge in [0.05, 0.1) is 54.5 Å². The van der Waals surface area contributed by atoms with Gasteiger partial charge in [-0.2, -0.15) is 0 Å². The van der Waals surface area contributed by atoms with E-state index < -0.39 is 0 Å². The number of hydrogen-bond donors (Lipinski definition) is 2. The largest absolute Gasteiger partial charge is 0.495 e. The number of benzene rings is 2. The van der Waals surface area contributed by atoms with Crippen molar-refractivity contribution in [2.75, 3.05) is 62.0 Å². The van der Waals surface area contributed by atoms with Crippen molar-refractivity contribution < 1.29 is 14.3 Å². The van der Waals surface area contributed by atoms with Crippen molar-refractivity contribution in [3.8, 4) is 17.0 Å². The zero-order valence-electron chi connectivity index (χ0n) is 23.1. The lowest BCUT2D eigenvalue weighted by molar-refractivity contribution is -0.111. The van der Waals surface area contributed by atoms with Crippen LogP contribution in [0.2, 0.25) is 5.02 Å². The number of anilines is 4. The van der Waals surface area contributed by atoms with Gasteiger partial charge >= 0.3 is 0 Å². The molecule has 41 heavy (non-hydrogen) atoms. The van der Waals surface area contributed by atoms with Gasteiger partial charge in [0.2, 0.25) is 11.9 Å². The summed E-state index contributed by atoms with van der Waals surface area (Å²) >= 11 is 6.64. The Morgan fingerprint density at radius 1 is 1.17 bits per heavy atom. The summed E-state index contributed by atoms with van der Waals surface area (Å²) in [6.07, 6.45) is 4.85. The van der Waals surface area contributed by atoms with E-state index in [2.05, 4.69) is 54.8 Å². The van der Waals surface area contributed by atoms with Crippen LogP contribution in [0.1, 0.15) is 0 Å². The molecule has 2 fully saturated rings. The van der Waals surface area contributed by atoms with Crippen molar-refractivity contribution in [1.82, 2.24) is 19.4 Å². The van der Waals surface area contributed by atoms with Crippen LogP contribution in [0.4, 0.5) is 23.0 Å². The molecule has 0 unspecified atom stereocenters. The lowest BCUT2D eigenvalue weighted by atomic mass is 10.1. The van der Waals surface area contributed by atoms with Crippen LogP contribution >= 0.6 is 11.6 Å². The standard InChI is InChI=1S/C30H32ClN7O3/c1-4-28(39)33-19-5-8-27(40-3)25(13-19)34-30-32-15-24(31)29(35-30)23-16-36(2)26-14-20(6-7-22(23)26)37-9-11-38(12-10-37)21-17-41-18-21/h4-8,13-16,21H,1,9-12,17-18H2,2-3H3,(H,33,39)(H,32,34,35). The zero-order chi connectivity index (χ0) is 28.5. The number of halogens is 1. The smallest absolute Gasteiger partial charge is 0.247 e. The second kappa shape index (κ2) is 11.4. The molecule has 2 aliphatic heterocycles. The molecule has 6 rings (SSSR count). The summed E-state index contributed by atoms with van der Waals surface area (Å²) in [5.41, 5.74) is 5.02. The molecule has 2 aromatic carbocycles. The van der Waals surface area contributed by atoms with Crippen LogP contribution in [0.5, 0.6) is 5.75 Å². The van der Waals surface area contributed by atoms with Gasteiger partial charge in [-0.15, -0.1) is 0 Å². The summed E-state index contributed by atoms with van der Waals surface area (Å²) in [6.45, 7) is 9.29. The van der Waals surface area contributed by atoms with Crippen molar-refractivity contribution in [2.24, 2.45) is 7.05 Å². The molecule has 0 radical (unpaired) electrons. The van der Waals surface area contributed by atoms with E-state index in [0.717, 1.165) is 55.9 Å². The molecule has 2 aromatic heterocycles. The monoisotopic (exact) mass is 573 g/mol. The molecule has 0 aliphatic carbocycles. The fourth-order valence-corrected chi connectivity index (χ4v) is 5.54. The third-order valence-corrected chi connectivity index (χ3v) is 7.97. The highest BCUT2D eigenvalue weighted by Crippen LogP contribution is 2.37. The molecule has 10 nitrogen and oxygen atoms in total. The van der Waals surface area contributed by atoms with Crippen molar-refractivity contribution in [3.05, 3.63) is 66.5 Å². The number of carbonyl (C=O) groups is 1. The van der Waals surface area contributed by atoms with Gasteiger partial charge < -0.3 is 29.6 Å². The van der Waals surface area contributed by atoms with Crippen LogP contribution in [-0.2, 0) is 16.6 Å². The Labute approximate surface area is 243 Å². The highest BCUT2D eigenvalue weighted by molar-refractivity contribution is 6.33. The molecule has 1 amide bonds. The molecular formula is C30H32ClN7O3. The van der Waals surface area contributed by atoms with E-state index in [1.54, 1.807) is 31.5 Å². The van der Waals surface area contributed by atoms with Gasteiger partial charge in [0.25, 0.3) is 0 Å². The molecule has 2 N–H and O–H groups in total. The fourth-order valence-electron chi connectivity index (χ4n) is 5.35. The Hall–Kier alpha value is -4.12. The summed E-state index contributed by atoms with van der Waals surface area (Å²) in [5.74, 6) is 0.607. The predicted octanol–water partition coefficient (Wildman–Crippen LogP) is 4.69. The van der Waals surface area contributed by atoms with Crippen LogP contribution in [0, 0.1) is 0 Å². The Bertz CT molecular complexity index is 1610. The molecule has 212 valence electrons. The first kappa shape index (κ1) is 27.1. The van der Waals surface area contributed by atoms with E-state index >= 15 is 0 Å². The lowest BCUT2D eigenvalue weighted by Gasteiger charge is -2.43. The first-order valence-electron chi connectivity index (χ1n) is 13.5. The van der Waals surface area contributed by atoms with Crippen LogP contribution in [-0.4, -0.2) is 77.9 Å². The van der Waals surface area contributed by atoms with Gasteiger partial charge in [-0.25, -0.2) is 9.97 Å². The number of aromatic nitrogens is 3. The Morgan fingerprint density at radius 3 is 2.68 bits per heavy atom. The van der Waals surface area contributed by atoms with Crippen LogP contribution in [0.15, 0.2) is 61.4 Å². The number of piperazine rings is 1. The fraction of sp³-hybridized carbons (Fsp3) is 0.300. The third-order valence-electron chi connectivity index (χ3n) is 7.69. The van der Waals surface area contributed by atoms with E-state index in [4.69, 9.17) is 26.1 Å². The second-order valence-corrected chi connectivity index (χ2v) is 10.6. The minimum absolute atomic E-state index is 0.309. The number of fused-ring (bicyclic) bond motifs is 1. The van der Waals surface area contributed by atoms with Gasteiger partial charge in [-0.1, -0.05) is 24.2 Å². The first-order chi connectivity index (χ1) is 19.9. The highest BCUT2D eigenvalue weighted by Gasteiger charge is 2.29. The van der Waals surface area contributed by atoms with Crippen LogP contribution < -0.4 is 20.3 Å². The maximum Gasteiger partial charge on any atom is 0.247 e. The molecule has 0 bridgehead atoms. The Morgan fingerprint density at radius 2 is 1.98 bits per heavy atom. The summed E-state index contributed by atoms with van der Waals surface area (Å²) in [4.78, 5) is 25.9. The molecule has 2 aliphatic rings. The van der Waals surface area contributed by atoms with Crippen molar-refractivity contribution in [3.63, 3.8) is 0 Å². The molecule has 2 saturated heterocycles. The highest BCUT2D eigenvalue weighted by atomic mass is 35.5. The van der Waals surface area contributed by atoms with Gasteiger partial charge in [-0.3, -0.25) is 9.69 Å². The molecular weight excluding hydrogens is 542 g/mol. The maximum absolute atomic E-state index is 11.8. The molecule has 0 atom stereocenters. The zero-order valence-corrected chi connectivity index (χ0v) is 23.8. The van der Waals surface area contributed by atoms with Crippen molar-refractivity contribution in [2.45, 2.75) is 6.04 Å². The number of nitrogens with zero attached hydrogens (tertiary/aromatic N) is 5. The topological polar surface area (TPSA) is 96.8 Å². The lowest BCUT2D eigenvalue weighted by Crippen LogP contribution is -2.56. The van der Waals surface area contributed by atoms with Gasteiger partial charge in [-0.05, 0) is 36.4 Å². The SMILES string of the molecule is C=CC(=O)Nc1ccc(OC)c(Nc2ncc(Cl)c(-c3cn(C)c4cc(N5CCN(C6COC6)CC5)ccc34)n2)c1. The maximum atomic E-state index is 11.8. The minimum Gasteiger partial charge on any atom is -0.495 e. The quantitative estimate of drug-likeness (QED) is 0.293. The first-order valence-corrected chi connectivity index (χ1v) is 13.9. The summed E-state index contributed by atoms with van der Waals surface area (Å²) in [7, 11) is 3.61. The summed E-state index contributed by atoms with van der Waals surface area (Å²) < 4.78 is 13.0. The third kappa shape index (κ3) is 5.46. The van der Waals surface area contributed by atoms with Crippen LogP contribution in [0.25, 0.3) is 22.2 Å². The van der Waals surface area contributed by atoms with Gasteiger partial charge in [0.1, 0.15) is 5.75 Å². The number of nitrogens with one attached hydrogen (secondary N) is 2. The number of rotatable bonds is 8. The summed E-state index contributed by atoms with van der Waals surface area (Å²) in [5, 5.41) is 7.46. The number of hydrogen-bond acceptors (Lipinski definition) is 8. The molecule has 11 heteroatoms.